The lowest BCUT2D eigenvalue weighted by Crippen LogP contribution is -2.41. The molecule has 0 bridgehead atoms. The summed E-state index contributed by atoms with van der Waals surface area (Å²) in [6.45, 7) is 3.28. The molecule has 1 aromatic carbocycles. The Labute approximate surface area is 148 Å². The van der Waals surface area contributed by atoms with Gasteiger partial charge in [-0.25, -0.2) is 0 Å². The summed E-state index contributed by atoms with van der Waals surface area (Å²) in [5, 5.41) is 4.04. The monoisotopic (exact) mass is 358 g/mol. The van der Waals surface area contributed by atoms with Crippen molar-refractivity contribution in [3.8, 4) is 5.75 Å². The smallest absolute Gasteiger partial charge is 0.220 e. The molecule has 1 N–H and O–H groups in total. The van der Waals surface area contributed by atoms with Crippen LogP contribution in [-0.2, 0) is 4.79 Å². The molecule has 0 spiro atoms. The summed E-state index contributed by atoms with van der Waals surface area (Å²) in [4.78, 5) is 14.2. The van der Waals surface area contributed by atoms with Gasteiger partial charge in [-0.2, -0.15) is 0 Å². The lowest BCUT2D eigenvalue weighted by atomic mass is 10.2. The summed E-state index contributed by atoms with van der Waals surface area (Å²) >= 11 is 11.9. The van der Waals surface area contributed by atoms with Gasteiger partial charge in [-0.1, -0.05) is 23.2 Å². The van der Waals surface area contributed by atoms with E-state index in [2.05, 4.69) is 24.2 Å². The summed E-state index contributed by atoms with van der Waals surface area (Å²) in [6, 6.07) is 6.19. The molecular weight excluding hydrogens is 335 g/mol. The largest absolute Gasteiger partial charge is 0.492 e. The van der Waals surface area contributed by atoms with E-state index in [1.807, 2.05) is 0 Å². The molecule has 4 nitrogen and oxygen atoms in total. The van der Waals surface area contributed by atoms with Gasteiger partial charge in [0.1, 0.15) is 5.75 Å². The molecule has 23 heavy (non-hydrogen) atoms. The second-order valence-electron chi connectivity index (χ2n) is 6.08. The summed E-state index contributed by atoms with van der Waals surface area (Å²) in [6.07, 6.45) is 3.65. The Hall–Kier alpha value is -0.970. The normalized spacial score (nSPS) is 15.5. The minimum Gasteiger partial charge on any atom is -0.492 e. The quantitative estimate of drug-likeness (QED) is 0.683. The van der Waals surface area contributed by atoms with Gasteiger partial charge >= 0.3 is 0 Å². The van der Waals surface area contributed by atoms with Gasteiger partial charge in [0.25, 0.3) is 0 Å². The van der Waals surface area contributed by atoms with Crippen molar-refractivity contribution in [3.63, 3.8) is 0 Å². The van der Waals surface area contributed by atoms with Crippen LogP contribution in [0.5, 0.6) is 5.75 Å². The van der Waals surface area contributed by atoms with E-state index in [9.17, 15) is 4.79 Å². The number of likely N-dealkylation sites (N-methyl/N-ethyl adjacent to an activating group) is 1. The first kappa shape index (κ1) is 18.4. The van der Waals surface area contributed by atoms with Gasteiger partial charge in [0, 0.05) is 30.1 Å². The van der Waals surface area contributed by atoms with Crippen molar-refractivity contribution >= 4 is 29.1 Å². The number of ether oxygens (including phenoxy) is 1. The molecule has 1 aromatic rings. The van der Waals surface area contributed by atoms with E-state index in [0.29, 0.717) is 53.9 Å². The van der Waals surface area contributed by atoms with Gasteiger partial charge in [0.15, 0.2) is 0 Å². The maximum absolute atomic E-state index is 11.8. The summed E-state index contributed by atoms with van der Waals surface area (Å²) < 4.78 is 5.57. The van der Waals surface area contributed by atoms with E-state index in [0.717, 1.165) is 0 Å². The average molecular weight is 359 g/mol. The van der Waals surface area contributed by atoms with Crippen molar-refractivity contribution in [1.29, 1.82) is 0 Å². The number of nitrogens with zero attached hydrogens (tertiary/aromatic N) is 1. The first-order chi connectivity index (χ1) is 11.0. The Balaban J connectivity index is 1.59. The fraction of sp³-hybridized carbons (Fsp3) is 0.588. The Morgan fingerprint density at radius 3 is 2.83 bits per heavy atom. The van der Waals surface area contributed by atoms with Crippen molar-refractivity contribution in [2.24, 2.45) is 0 Å². The van der Waals surface area contributed by atoms with Crippen LogP contribution in [0.3, 0.4) is 0 Å². The molecule has 1 unspecified atom stereocenters. The number of carbonyl (C=O) groups is 1. The maximum Gasteiger partial charge on any atom is 0.220 e. The SMILES string of the molecule is CC(CNC(=O)CCCOc1ccc(Cl)cc1Cl)N(C)C1CC1. The molecule has 0 heterocycles. The molecular formula is C17H24Cl2N2O2. The van der Waals surface area contributed by atoms with Crippen LogP contribution in [0, 0.1) is 0 Å². The molecule has 1 saturated carbocycles. The van der Waals surface area contributed by atoms with E-state index >= 15 is 0 Å². The zero-order chi connectivity index (χ0) is 16.8. The first-order valence-electron chi connectivity index (χ1n) is 8.04. The second-order valence-corrected chi connectivity index (χ2v) is 6.92. The molecule has 0 radical (unpaired) electrons. The van der Waals surface area contributed by atoms with Crippen LogP contribution >= 0.6 is 23.2 Å². The number of nitrogens with one attached hydrogen (secondary N) is 1. The molecule has 0 saturated heterocycles. The Bertz CT molecular complexity index is 535. The number of amides is 1. The van der Waals surface area contributed by atoms with Gasteiger partial charge in [-0.15, -0.1) is 0 Å². The van der Waals surface area contributed by atoms with Crippen LogP contribution in [0.1, 0.15) is 32.6 Å². The van der Waals surface area contributed by atoms with Crippen LogP contribution in [0.2, 0.25) is 10.0 Å². The zero-order valence-corrected chi connectivity index (χ0v) is 15.2. The minimum absolute atomic E-state index is 0.0619. The summed E-state index contributed by atoms with van der Waals surface area (Å²) in [5.41, 5.74) is 0. The highest BCUT2D eigenvalue weighted by Gasteiger charge is 2.28. The highest BCUT2D eigenvalue weighted by molar-refractivity contribution is 6.35. The van der Waals surface area contributed by atoms with Crippen molar-refractivity contribution in [2.75, 3.05) is 20.2 Å². The molecule has 6 heteroatoms. The van der Waals surface area contributed by atoms with Gasteiger partial charge in [0.05, 0.1) is 11.6 Å². The molecule has 1 amide bonds. The number of hydrogen-bond donors (Lipinski definition) is 1. The molecule has 1 fully saturated rings. The Kier molecular flexibility index (Phi) is 7.00. The second kappa shape index (κ2) is 8.76. The van der Waals surface area contributed by atoms with Crippen LogP contribution in [0.25, 0.3) is 0 Å². The van der Waals surface area contributed by atoms with Crippen LogP contribution in [0.15, 0.2) is 18.2 Å². The van der Waals surface area contributed by atoms with E-state index < -0.39 is 0 Å². The third kappa shape index (κ3) is 6.21. The van der Waals surface area contributed by atoms with E-state index in [4.69, 9.17) is 27.9 Å². The third-order valence-corrected chi connectivity index (χ3v) is 4.64. The average Bonchev–Trinajstić information content (AvgIpc) is 3.35. The highest BCUT2D eigenvalue weighted by Crippen LogP contribution is 2.28. The molecule has 1 atom stereocenters. The molecule has 2 rings (SSSR count). The highest BCUT2D eigenvalue weighted by atomic mass is 35.5. The van der Waals surface area contributed by atoms with Crippen molar-refractivity contribution in [2.45, 2.75) is 44.7 Å². The van der Waals surface area contributed by atoms with Gasteiger partial charge in [-0.3, -0.25) is 9.69 Å². The summed E-state index contributed by atoms with van der Waals surface area (Å²) in [5.74, 6) is 0.656. The molecule has 0 aliphatic heterocycles. The predicted molar refractivity (Wildman–Crippen MR) is 94.4 cm³/mol. The lowest BCUT2D eigenvalue weighted by Gasteiger charge is -2.24. The predicted octanol–water partition coefficient (Wildman–Crippen LogP) is 3.75. The minimum atomic E-state index is 0.0619. The Morgan fingerprint density at radius 2 is 2.17 bits per heavy atom. The fourth-order valence-corrected chi connectivity index (χ4v) is 2.81. The molecule has 1 aliphatic rings. The van der Waals surface area contributed by atoms with Crippen molar-refractivity contribution < 1.29 is 9.53 Å². The summed E-state index contributed by atoms with van der Waals surface area (Å²) in [7, 11) is 2.12. The molecule has 128 valence electrons. The van der Waals surface area contributed by atoms with Gasteiger partial charge < -0.3 is 10.1 Å². The molecule has 1 aliphatic carbocycles. The van der Waals surface area contributed by atoms with Crippen molar-refractivity contribution in [1.82, 2.24) is 10.2 Å². The van der Waals surface area contributed by atoms with Gasteiger partial charge in [0.2, 0.25) is 5.91 Å². The van der Waals surface area contributed by atoms with E-state index in [-0.39, 0.29) is 5.91 Å². The number of benzene rings is 1. The van der Waals surface area contributed by atoms with Crippen LogP contribution in [0.4, 0.5) is 0 Å². The topological polar surface area (TPSA) is 41.6 Å². The first-order valence-corrected chi connectivity index (χ1v) is 8.79. The number of halogens is 2. The van der Waals surface area contributed by atoms with Crippen molar-refractivity contribution in [3.05, 3.63) is 28.2 Å². The van der Waals surface area contributed by atoms with E-state index in [1.54, 1.807) is 18.2 Å². The van der Waals surface area contributed by atoms with Gasteiger partial charge in [-0.05, 0) is 51.4 Å². The lowest BCUT2D eigenvalue weighted by molar-refractivity contribution is -0.121. The Morgan fingerprint density at radius 1 is 1.43 bits per heavy atom. The van der Waals surface area contributed by atoms with E-state index in [1.165, 1.54) is 12.8 Å². The maximum atomic E-state index is 11.8. The fourth-order valence-electron chi connectivity index (χ4n) is 2.34. The molecule has 0 aromatic heterocycles. The number of rotatable bonds is 9. The van der Waals surface area contributed by atoms with Crippen LogP contribution in [-0.4, -0.2) is 43.1 Å². The number of carbonyl (C=O) groups excluding carboxylic acids is 1. The number of hydrogen-bond acceptors (Lipinski definition) is 3. The third-order valence-electron chi connectivity index (χ3n) is 4.11. The zero-order valence-electron chi connectivity index (χ0n) is 13.6. The van der Waals surface area contributed by atoms with Crippen LogP contribution < -0.4 is 10.1 Å². The standard InChI is InChI=1S/C17H24Cl2N2O2/c1-12(21(2)14-6-7-14)11-20-17(22)4-3-9-23-16-8-5-13(18)10-15(16)19/h5,8,10,12,14H,3-4,6-7,9,11H2,1-2H3,(H,20,22).